The Hall–Kier alpha value is -2.27. The third-order valence-electron chi connectivity index (χ3n) is 5.79. The van der Waals surface area contributed by atoms with E-state index in [1.54, 1.807) is 0 Å². The maximum atomic E-state index is 12.6. The molecule has 1 N–H and O–H groups in total. The maximum absolute atomic E-state index is 12.6. The van der Waals surface area contributed by atoms with Crippen molar-refractivity contribution in [1.82, 2.24) is 4.90 Å². The first-order chi connectivity index (χ1) is 16.2. The number of halogens is 2. The lowest BCUT2D eigenvalue weighted by molar-refractivity contribution is -0.154. The molecule has 1 aliphatic heterocycles. The second-order valence-corrected chi connectivity index (χ2v) is 10.6. The van der Waals surface area contributed by atoms with Crippen LogP contribution in [0.1, 0.15) is 43.0 Å². The molecule has 0 spiro atoms. The normalized spacial score (nSPS) is 23.9. The third kappa shape index (κ3) is 6.44. The van der Waals surface area contributed by atoms with Crippen molar-refractivity contribution in [1.29, 1.82) is 0 Å². The molecule has 9 nitrogen and oxygen atoms in total. The molecule has 1 saturated carbocycles. The average molecular weight is 602 g/mol. The number of likely N-dealkylation sites (tertiary alicyclic amines) is 1. The number of amides is 3. The summed E-state index contributed by atoms with van der Waals surface area (Å²) >= 11 is 7.02. The highest BCUT2D eigenvalue weighted by Crippen LogP contribution is 2.43. The molecule has 1 heterocycles. The Balaban J connectivity index is 1.44. The first-order valence-electron chi connectivity index (χ1n) is 11.1. The first-order valence-corrected chi connectivity index (χ1v) is 12.9. The van der Waals surface area contributed by atoms with Gasteiger partial charge >= 0.3 is 11.9 Å². The van der Waals surface area contributed by atoms with Crippen LogP contribution >= 0.6 is 31.9 Å². The van der Waals surface area contributed by atoms with Crippen molar-refractivity contribution in [2.45, 2.75) is 42.3 Å². The van der Waals surface area contributed by atoms with Crippen molar-refractivity contribution in [3.8, 4) is 0 Å². The van der Waals surface area contributed by atoms with E-state index >= 15 is 0 Å². The summed E-state index contributed by atoms with van der Waals surface area (Å²) in [4.78, 5) is 62.5. The van der Waals surface area contributed by atoms with E-state index in [1.807, 2.05) is 6.92 Å². The Morgan fingerprint density at radius 2 is 1.59 bits per heavy atom. The highest BCUT2D eigenvalue weighted by Gasteiger charge is 2.52. The molecule has 2 fully saturated rings. The lowest BCUT2D eigenvalue weighted by Crippen LogP contribution is -2.37. The zero-order chi connectivity index (χ0) is 24.8. The Bertz CT molecular complexity index is 925. The van der Waals surface area contributed by atoms with Crippen molar-refractivity contribution in [3.63, 3.8) is 0 Å². The SMILES string of the molecule is CCCCOC(=O)c1ccc(NC(=O)COC(=O)CN2C(=O)[C@@H]3C[C@@H](Br)[C@@H](Br)C[C@H]3C2=O)cc1. The number of benzene rings is 1. The number of nitrogens with one attached hydrogen (secondary N) is 1. The van der Waals surface area contributed by atoms with Gasteiger partial charge in [-0.2, -0.15) is 0 Å². The van der Waals surface area contributed by atoms with Gasteiger partial charge in [0.1, 0.15) is 6.54 Å². The summed E-state index contributed by atoms with van der Waals surface area (Å²) in [6.45, 7) is 1.25. The van der Waals surface area contributed by atoms with E-state index in [0.29, 0.717) is 30.7 Å². The van der Waals surface area contributed by atoms with Gasteiger partial charge in [0.15, 0.2) is 6.61 Å². The predicted octanol–water partition coefficient (Wildman–Crippen LogP) is 3.05. The monoisotopic (exact) mass is 600 g/mol. The summed E-state index contributed by atoms with van der Waals surface area (Å²) in [7, 11) is 0. The van der Waals surface area contributed by atoms with Gasteiger partial charge in [0, 0.05) is 15.3 Å². The summed E-state index contributed by atoms with van der Waals surface area (Å²) in [5, 5.41) is 2.55. The smallest absolute Gasteiger partial charge is 0.338 e. The van der Waals surface area contributed by atoms with Crippen molar-refractivity contribution in [2.75, 3.05) is 25.1 Å². The van der Waals surface area contributed by atoms with Gasteiger partial charge in [-0.15, -0.1) is 0 Å². The Morgan fingerprint density at radius 1 is 1.00 bits per heavy atom. The molecule has 1 saturated heterocycles. The summed E-state index contributed by atoms with van der Waals surface area (Å²) in [5.41, 5.74) is 0.771. The molecule has 0 bridgehead atoms. The van der Waals surface area contributed by atoms with Gasteiger partial charge in [-0.1, -0.05) is 45.2 Å². The molecular formula is C23H26Br2N2O7. The lowest BCUT2D eigenvalue weighted by Gasteiger charge is -2.29. The molecule has 3 rings (SSSR count). The topological polar surface area (TPSA) is 119 Å². The number of anilines is 1. The molecule has 1 aromatic rings. The van der Waals surface area contributed by atoms with Gasteiger partial charge in [0.25, 0.3) is 5.91 Å². The van der Waals surface area contributed by atoms with Crippen LogP contribution in [0.5, 0.6) is 0 Å². The van der Waals surface area contributed by atoms with Crippen LogP contribution in [0, 0.1) is 11.8 Å². The van der Waals surface area contributed by atoms with E-state index in [1.165, 1.54) is 24.3 Å². The van der Waals surface area contributed by atoms with Crippen LogP contribution in [-0.4, -0.2) is 64.0 Å². The number of esters is 2. The number of ether oxygens (including phenoxy) is 2. The van der Waals surface area contributed by atoms with E-state index in [0.717, 1.165) is 17.7 Å². The standard InChI is InChI=1S/C23H26Br2N2O7/c1-2-3-8-33-23(32)13-4-6-14(7-5-13)26-19(28)12-34-20(29)11-27-21(30)15-9-17(24)18(25)10-16(15)22(27)31/h4-7,15-18H,2-3,8-12H2,1H3,(H,26,28)/t15-,16-,17-,18+/m1/s1. The Kier molecular flexibility index (Phi) is 9.24. The fourth-order valence-electron chi connectivity index (χ4n) is 3.92. The minimum absolute atomic E-state index is 0.0712. The molecule has 184 valence electrons. The fourth-order valence-corrected chi connectivity index (χ4v) is 5.16. The van der Waals surface area contributed by atoms with Crippen LogP contribution in [0.2, 0.25) is 0 Å². The van der Waals surface area contributed by atoms with Crippen molar-refractivity contribution < 1.29 is 33.4 Å². The molecule has 11 heteroatoms. The molecule has 1 aromatic carbocycles. The highest BCUT2D eigenvalue weighted by atomic mass is 79.9. The zero-order valence-electron chi connectivity index (χ0n) is 18.6. The molecule has 0 unspecified atom stereocenters. The largest absolute Gasteiger partial charge is 0.462 e. The Labute approximate surface area is 214 Å². The molecule has 3 amide bonds. The van der Waals surface area contributed by atoms with Crippen molar-refractivity contribution in [3.05, 3.63) is 29.8 Å². The molecule has 0 radical (unpaired) electrons. The summed E-state index contributed by atoms with van der Waals surface area (Å²) < 4.78 is 10.1. The minimum Gasteiger partial charge on any atom is -0.462 e. The van der Waals surface area contributed by atoms with E-state index in [9.17, 15) is 24.0 Å². The van der Waals surface area contributed by atoms with Gasteiger partial charge in [-0.05, 0) is 43.5 Å². The van der Waals surface area contributed by atoms with Crippen molar-refractivity contribution in [2.24, 2.45) is 11.8 Å². The summed E-state index contributed by atoms with van der Waals surface area (Å²) in [6.07, 6.45) is 2.72. The maximum Gasteiger partial charge on any atom is 0.338 e. The Morgan fingerprint density at radius 3 is 2.15 bits per heavy atom. The van der Waals surface area contributed by atoms with E-state index in [-0.39, 0.29) is 21.5 Å². The molecule has 34 heavy (non-hydrogen) atoms. The summed E-state index contributed by atoms with van der Waals surface area (Å²) in [5.74, 6) is -3.54. The lowest BCUT2D eigenvalue weighted by atomic mass is 9.81. The van der Waals surface area contributed by atoms with Crippen LogP contribution in [0.4, 0.5) is 5.69 Å². The fraction of sp³-hybridized carbons (Fsp3) is 0.522. The zero-order valence-corrected chi connectivity index (χ0v) is 21.8. The van der Waals surface area contributed by atoms with Crippen LogP contribution in [0.3, 0.4) is 0 Å². The number of imide groups is 1. The van der Waals surface area contributed by atoms with Gasteiger partial charge in [0.2, 0.25) is 11.8 Å². The number of carbonyl (C=O) groups is 5. The molecule has 0 aromatic heterocycles. The van der Waals surface area contributed by atoms with E-state index < -0.39 is 42.8 Å². The highest BCUT2D eigenvalue weighted by molar-refractivity contribution is 9.12. The van der Waals surface area contributed by atoms with Crippen LogP contribution < -0.4 is 5.32 Å². The quantitative estimate of drug-likeness (QED) is 0.200. The minimum atomic E-state index is -0.841. The number of fused-ring (bicyclic) bond motifs is 1. The second-order valence-electron chi connectivity index (χ2n) is 8.25. The third-order valence-corrected chi connectivity index (χ3v) is 8.52. The van der Waals surface area contributed by atoms with E-state index in [2.05, 4.69) is 37.2 Å². The first kappa shape index (κ1) is 26.3. The summed E-state index contributed by atoms with van der Waals surface area (Å²) in [6, 6.07) is 6.12. The molecule has 2 aliphatic rings. The number of unbranched alkanes of at least 4 members (excludes halogenated alkanes) is 1. The van der Waals surface area contributed by atoms with Gasteiger partial charge in [0.05, 0.1) is 24.0 Å². The number of carbonyl (C=O) groups excluding carboxylic acids is 5. The average Bonchev–Trinajstić information content (AvgIpc) is 3.02. The number of hydrogen-bond donors (Lipinski definition) is 1. The number of nitrogens with zero attached hydrogens (tertiary/aromatic N) is 1. The van der Waals surface area contributed by atoms with Gasteiger partial charge in [-0.25, -0.2) is 4.79 Å². The van der Waals surface area contributed by atoms with Crippen LogP contribution in [-0.2, 0) is 28.7 Å². The molecular weight excluding hydrogens is 576 g/mol. The van der Waals surface area contributed by atoms with Gasteiger partial charge in [-0.3, -0.25) is 24.1 Å². The van der Waals surface area contributed by atoms with Crippen molar-refractivity contribution >= 4 is 67.2 Å². The second kappa shape index (κ2) is 11.9. The molecule has 1 aliphatic carbocycles. The van der Waals surface area contributed by atoms with Crippen LogP contribution in [0.15, 0.2) is 24.3 Å². The molecule has 4 atom stereocenters. The predicted molar refractivity (Wildman–Crippen MR) is 130 cm³/mol. The number of hydrogen-bond acceptors (Lipinski definition) is 7. The van der Waals surface area contributed by atoms with Gasteiger partial charge < -0.3 is 14.8 Å². The van der Waals surface area contributed by atoms with E-state index in [4.69, 9.17) is 9.47 Å². The van der Waals surface area contributed by atoms with Crippen LogP contribution in [0.25, 0.3) is 0 Å². The number of alkyl halides is 2. The number of rotatable bonds is 9.